The molecule has 94 valence electrons. The number of aliphatic hydroxyl groups excluding tert-OH is 2. The fraction of sp³-hybridized carbons (Fsp3) is 1.00. The van der Waals surface area contributed by atoms with Gasteiger partial charge in [0.1, 0.15) is 24.4 Å². The van der Waals surface area contributed by atoms with E-state index in [1.54, 1.807) is 13.8 Å². The van der Waals surface area contributed by atoms with Crippen LogP contribution in [0, 0.1) is 0 Å². The molecule has 0 amide bonds. The zero-order chi connectivity index (χ0) is 11.7. The van der Waals surface area contributed by atoms with Gasteiger partial charge in [-0.3, -0.25) is 0 Å². The average molecular weight is 234 g/mol. The maximum Gasteiger partial charge on any atom is 0.156 e. The summed E-state index contributed by atoms with van der Waals surface area (Å²) in [6.45, 7) is 3.56. The molecular formula is C10H18O6. The third kappa shape index (κ3) is 2.37. The number of hydrogen-bond donors (Lipinski definition) is 2. The smallest absolute Gasteiger partial charge is 0.156 e. The number of hydrogen-bond acceptors (Lipinski definition) is 6. The van der Waals surface area contributed by atoms with E-state index in [2.05, 4.69) is 0 Å². The van der Waals surface area contributed by atoms with E-state index >= 15 is 0 Å². The molecule has 2 rings (SSSR count). The van der Waals surface area contributed by atoms with Gasteiger partial charge in [0.2, 0.25) is 0 Å². The summed E-state index contributed by atoms with van der Waals surface area (Å²) in [6, 6.07) is 0. The van der Waals surface area contributed by atoms with Crippen LogP contribution >= 0.6 is 0 Å². The molecule has 0 aromatic carbocycles. The SMILES string of the molecule is C[C@H]1OC[C@@H]2O[C@@H](C)O[C@@H]([C@H](O)CO)[C@@H]2O1. The lowest BCUT2D eigenvalue weighted by molar-refractivity contribution is -0.361. The monoisotopic (exact) mass is 234 g/mol. The molecule has 0 saturated carbocycles. The largest absolute Gasteiger partial charge is 0.394 e. The molecule has 0 aliphatic carbocycles. The molecule has 2 saturated heterocycles. The van der Waals surface area contributed by atoms with Crippen molar-refractivity contribution in [2.45, 2.75) is 50.8 Å². The van der Waals surface area contributed by atoms with Gasteiger partial charge in [-0.2, -0.15) is 0 Å². The van der Waals surface area contributed by atoms with Crippen molar-refractivity contribution in [1.82, 2.24) is 0 Å². The zero-order valence-electron chi connectivity index (χ0n) is 9.41. The number of aliphatic hydroxyl groups is 2. The summed E-state index contributed by atoms with van der Waals surface area (Å²) >= 11 is 0. The highest BCUT2D eigenvalue weighted by molar-refractivity contribution is 4.89. The predicted molar refractivity (Wildman–Crippen MR) is 52.6 cm³/mol. The summed E-state index contributed by atoms with van der Waals surface area (Å²) in [4.78, 5) is 0. The van der Waals surface area contributed by atoms with Gasteiger partial charge in [0, 0.05) is 0 Å². The maximum atomic E-state index is 9.67. The van der Waals surface area contributed by atoms with E-state index in [9.17, 15) is 5.11 Å². The normalized spacial score (nSPS) is 46.1. The molecule has 2 heterocycles. The van der Waals surface area contributed by atoms with Crippen LogP contribution < -0.4 is 0 Å². The van der Waals surface area contributed by atoms with Crippen molar-refractivity contribution in [2.75, 3.05) is 13.2 Å². The minimum absolute atomic E-state index is 0.258. The molecule has 0 radical (unpaired) electrons. The highest BCUT2D eigenvalue weighted by Gasteiger charge is 2.45. The fourth-order valence-corrected chi connectivity index (χ4v) is 2.07. The molecule has 2 fully saturated rings. The quantitative estimate of drug-likeness (QED) is 0.653. The number of ether oxygens (including phenoxy) is 4. The van der Waals surface area contributed by atoms with Crippen LogP contribution in [0.1, 0.15) is 13.8 Å². The van der Waals surface area contributed by atoms with E-state index in [0.717, 1.165) is 0 Å². The van der Waals surface area contributed by atoms with Gasteiger partial charge >= 0.3 is 0 Å². The van der Waals surface area contributed by atoms with Gasteiger partial charge in [-0.1, -0.05) is 0 Å². The molecule has 6 nitrogen and oxygen atoms in total. The lowest BCUT2D eigenvalue weighted by atomic mass is 10.0. The van der Waals surface area contributed by atoms with Crippen molar-refractivity contribution in [2.24, 2.45) is 0 Å². The highest BCUT2D eigenvalue weighted by Crippen LogP contribution is 2.28. The molecule has 2 N–H and O–H groups in total. The van der Waals surface area contributed by atoms with Crippen LogP contribution in [0.5, 0.6) is 0 Å². The number of fused-ring (bicyclic) bond motifs is 1. The molecule has 2 aliphatic heterocycles. The molecule has 2 aliphatic rings. The van der Waals surface area contributed by atoms with E-state index < -0.39 is 24.6 Å². The summed E-state index contributed by atoms with van der Waals surface area (Å²) in [6.07, 6.45) is -2.99. The molecule has 0 spiro atoms. The fourth-order valence-electron chi connectivity index (χ4n) is 2.07. The minimum Gasteiger partial charge on any atom is -0.394 e. The topological polar surface area (TPSA) is 77.4 Å². The highest BCUT2D eigenvalue weighted by atomic mass is 16.8. The molecule has 0 bridgehead atoms. The zero-order valence-corrected chi connectivity index (χ0v) is 9.41. The van der Waals surface area contributed by atoms with E-state index in [4.69, 9.17) is 24.1 Å². The van der Waals surface area contributed by atoms with Crippen molar-refractivity contribution in [3.05, 3.63) is 0 Å². The van der Waals surface area contributed by atoms with Crippen LogP contribution in [0.15, 0.2) is 0 Å². The molecule has 6 atom stereocenters. The Bertz CT molecular complexity index is 233. The second-order valence-corrected chi connectivity index (χ2v) is 4.09. The van der Waals surface area contributed by atoms with Gasteiger partial charge in [0.15, 0.2) is 12.6 Å². The summed E-state index contributed by atoms with van der Waals surface area (Å²) in [7, 11) is 0. The Morgan fingerprint density at radius 3 is 2.62 bits per heavy atom. The Balaban J connectivity index is 2.08. The summed E-state index contributed by atoms with van der Waals surface area (Å²) in [5.74, 6) is 0. The van der Waals surface area contributed by atoms with Gasteiger partial charge in [0.25, 0.3) is 0 Å². The van der Waals surface area contributed by atoms with Crippen LogP contribution in [0.4, 0.5) is 0 Å². The molecule has 0 unspecified atom stereocenters. The second kappa shape index (κ2) is 4.95. The van der Waals surface area contributed by atoms with Crippen molar-refractivity contribution >= 4 is 0 Å². The Hall–Kier alpha value is -0.240. The van der Waals surface area contributed by atoms with Gasteiger partial charge in [-0.05, 0) is 13.8 Å². The van der Waals surface area contributed by atoms with Gasteiger partial charge in [-0.25, -0.2) is 0 Å². The van der Waals surface area contributed by atoms with Crippen molar-refractivity contribution in [1.29, 1.82) is 0 Å². The predicted octanol–water partition coefficient (Wildman–Crippen LogP) is -0.769. The van der Waals surface area contributed by atoms with Gasteiger partial charge < -0.3 is 29.2 Å². The second-order valence-electron chi connectivity index (χ2n) is 4.09. The van der Waals surface area contributed by atoms with Crippen LogP contribution in [0.3, 0.4) is 0 Å². The van der Waals surface area contributed by atoms with Crippen LogP contribution in [-0.4, -0.2) is 60.4 Å². The van der Waals surface area contributed by atoms with E-state index in [1.165, 1.54) is 0 Å². The maximum absolute atomic E-state index is 9.67. The Labute approximate surface area is 94.1 Å². The van der Waals surface area contributed by atoms with Crippen LogP contribution in [0.25, 0.3) is 0 Å². The molecule has 0 aromatic heterocycles. The summed E-state index contributed by atoms with van der Waals surface area (Å²) in [5.41, 5.74) is 0. The lowest BCUT2D eigenvalue weighted by Crippen LogP contribution is -2.60. The molecule has 16 heavy (non-hydrogen) atoms. The standard InChI is InChI=1S/C10H18O6/c1-5-13-4-8-10(15-5)9(7(12)3-11)16-6(2)14-8/h5-12H,3-4H2,1-2H3/t5-,6+,7+,8-,9-,10+/m0/s1. The van der Waals surface area contributed by atoms with E-state index in [1.807, 2.05) is 0 Å². The Morgan fingerprint density at radius 2 is 1.94 bits per heavy atom. The molecular weight excluding hydrogens is 216 g/mol. The first-order valence-corrected chi connectivity index (χ1v) is 5.48. The van der Waals surface area contributed by atoms with Crippen LogP contribution in [0.2, 0.25) is 0 Å². The van der Waals surface area contributed by atoms with E-state index in [-0.39, 0.29) is 19.0 Å². The van der Waals surface area contributed by atoms with Crippen LogP contribution in [-0.2, 0) is 18.9 Å². The third-order valence-electron chi connectivity index (χ3n) is 2.82. The summed E-state index contributed by atoms with van der Waals surface area (Å²) in [5, 5.41) is 18.6. The summed E-state index contributed by atoms with van der Waals surface area (Å²) < 4.78 is 21.8. The van der Waals surface area contributed by atoms with Gasteiger partial charge in [-0.15, -0.1) is 0 Å². The lowest BCUT2D eigenvalue weighted by Gasteiger charge is -2.45. The molecule has 6 heteroatoms. The van der Waals surface area contributed by atoms with Crippen molar-refractivity contribution in [3.8, 4) is 0 Å². The Morgan fingerprint density at radius 1 is 1.19 bits per heavy atom. The average Bonchev–Trinajstić information content (AvgIpc) is 2.27. The number of rotatable bonds is 2. The van der Waals surface area contributed by atoms with E-state index in [0.29, 0.717) is 6.61 Å². The first-order chi connectivity index (χ1) is 7.61. The minimum atomic E-state index is -0.968. The molecule has 0 aromatic rings. The first-order valence-electron chi connectivity index (χ1n) is 5.48. The van der Waals surface area contributed by atoms with Gasteiger partial charge in [0.05, 0.1) is 13.2 Å². The third-order valence-corrected chi connectivity index (χ3v) is 2.82. The van der Waals surface area contributed by atoms with Crippen molar-refractivity contribution in [3.63, 3.8) is 0 Å². The van der Waals surface area contributed by atoms with Crippen molar-refractivity contribution < 1.29 is 29.2 Å². The Kier molecular flexibility index (Phi) is 3.78. The first kappa shape index (κ1) is 12.2.